The number of benzene rings is 2. The predicted octanol–water partition coefficient (Wildman–Crippen LogP) is 8.25. The Labute approximate surface area is 259 Å². The second-order valence-electron chi connectivity index (χ2n) is 13.5. The van der Waals surface area contributed by atoms with E-state index < -0.39 is 8.32 Å². The molecule has 0 saturated heterocycles. The van der Waals surface area contributed by atoms with Crippen LogP contribution in [0, 0.1) is 5.92 Å². The Bertz CT molecular complexity index is 1280. The highest BCUT2D eigenvalue weighted by atomic mass is 28.4. The van der Waals surface area contributed by atoms with Gasteiger partial charge >= 0.3 is 5.97 Å². The van der Waals surface area contributed by atoms with Crippen molar-refractivity contribution in [2.24, 2.45) is 5.92 Å². The van der Waals surface area contributed by atoms with Gasteiger partial charge in [-0.25, -0.2) is 0 Å². The highest BCUT2D eigenvalue weighted by Crippen LogP contribution is 2.47. The van der Waals surface area contributed by atoms with E-state index in [0.717, 1.165) is 37.0 Å². The fourth-order valence-electron chi connectivity index (χ4n) is 6.06. The Balaban J connectivity index is 1.51. The summed E-state index contributed by atoms with van der Waals surface area (Å²) in [5.74, 6) is 0.847. The SMILES string of the molecule is COC(=O)CCC/C=C\C[C@H]1C(=O)C[C@@H](O[Si](C)(C)C(C)(C)C)[C@@H]1c1ccc2c(c1)CCC2OCc1ccc(OC)cc1. The van der Waals surface area contributed by atoms with Gasteiger partial charge in [0.15, 0.2) is 8.32 Å². The van der Waals surface area contributed by atoms with Gasteiger partial charge in [0.2, 0.25) is 0 Å². The van der Waals surface area contributed by atoms with E-state index in [-0.39, 0.29) is 40.8 Å². The Morgan fingerprint density at radius 3 is 2.47 bits per heavy atom. The van der Waals surface area contributed by atoms with Crippen molar-refractivity contribution in [3.63, 3.8) is 0 Å². The first-order chi connectivity index (χ1) is 20.4. The van der Waals surface area contributed by atoms with Gasteiger partial charge in [-0.05, 0) is 84.6 Å². The molecule has 0 spiro atoms. The Kier molecular flexibility index (Phi) is 11.1. The van der Waals surface area contributed by atoms with E-state index in [9.17, 15) is 9.59 Å². The van der Waals surface area contributed by atoms with Crippen molar-refractivity contribution < 1.29 is 28.2 Å². The molecule has 6 nitrogen and oxygen atoms in total. The average Bonchev–Trinajstić information content (AvgIpc) is 3.51. The number of carbonyl (C=O) groups is 2. The van der Waals surface area contributed by atoms with Gasteiger partial charge in [0.25, 0.3) is 0 Å². The van der Waals surface area contributed by atoms with Gasteiger partial charge < -0.3 is 18.6 Å². The van der Waals surface area contributed by atoms with Crippen molar-refractivity contribution in [1.82, 2.24) is 0 Å². The van der Waals surface area contributed by atoms with E-state index in [1.807, 2.05) is 24.3 Å². The summed E-state index contributed by atoms with van der Waals surface area (Å²) < 4.78 is 23.4. The zero-order chi connectivity index (χ0) is 31.2. The molecular weight excluding hydrogens is 556 g/mol. The number of carbonyl (C=O) groups excluding carboxylic acids is 2. The average molecular weight is 607 g/mol. The van der Waals surface area contributed by atoms with Crippen LogP contribution in [0.3, 0.4) is 0 Å². The van der Waals surface area contributed by atoms with Crippen LogP contribution in [0.4, 0.5) is 0 Å². The molecule has 7 heteroatoms. The molecule has 4 atom stereocenters. The molecule has 2 aromatic carbocycles. The minimum absolute atomic E-state index is 0.0194. The van der Waals surface area contributed by atoms with Gasteiger partial charge in [-0.15, -0.1) is 0 Å². The summed E-state index contributed by atoms with van der Waals surface area (Å²) in [5, 5.41) is 0.0601. The zero-order valence-corrected chi connectivity index (χ0v) is 28.1. The summed E-state index contributed by atoms with van der Waals surface area (Å²) >= 11 is 0. The summed E-state index contributed by atoms with van der Waals surface area (Å²) in [6, 6.07) is 14.8. The van der Waals surface area contributed by atoms with Crippen LogP contribution in [0.5, 0.6) is 5.75 Å². The molecule has 0 bridgehead atoms. The van der Waals surface area contributed by atoms with E-state index in [1.165, 1.54) is 23.8 Å². The minimum Gasteiger partial charge on any atom is -0.497 e. The number of methoxy groups -OCH3 is 2. The molecule has 0 N–H and O–H groups in total. The third kappa shape index (κ3) is 8.25. The number of Topliss-reactive ketones (excluding diaryl/α,β-unsaturated/α-hetero) is 1. The monoisotopic (exact) mass is 606 g/mol. The molecule has 1 saturated carbocycles. The maximum absolute atomic E-state index is 13.5. The molecule has 43 heavy (non-hydrogen) atoms. The van der Waals surface area contributed by atoms with Crippen LogP contribution in [0.1, 0.15) is 93.6 Å². The first-order valence-electron chi connectivity index (χ1n) is 15.7. The van der Waals surface area contributed by atoms with Crippen LogP contribution in [-0.2, 0) is 36.5 Å². The molecule has 0 aliphatic heterocycles. The van der Waals surface area contributed by atoms with E-state index in [1.54, 1.807) is 7.11 Å². The van der Waals surface area contributed by atoms with Crippen molar-refractivity contribution in [2.45, 2.75) is 109 Å². The molecule has 0 radical (unpaired) electrons. The number of ketones is 1. The second kappa shape index (κ2) is 14.4. The molecule has 2 aliphatic carbocycles. The predicted molar refractivity (Wildman–Crippen MR) is 173 cm³/mol. The van der Waals surface area contributed by atoms with E-state index in [0.29, 0.717) is 25.9 Å². The first-order valence-corrected chi connectivity index (χ1v) is 18.6. The molecule has 0 heterocycles. The highest BCUT2D eigenvalue weighted by molar-refractivity contribution is 6.74. The normalized spacial score (nSPS) is 22.3. The summed E-state index contributed by atoms with van der Waals surface area (Å²) in [7, 11) is 1.00. The van der Waals surface area contributed by atoms with Crippen LogP contribution in [0.15, 0.2) is 54.6 Å². The number of hydrogen-bond donors (Lipinski definition) is 0. The largest absolute Gasteiger partial charge is 0.497 e. The van der Waals surface area contributed by atoms with Crippen LogP contribution in [0.25, 0.3) is 0 Å². The minimum atomic E-state index is -2.09. The van der Waals surface area contributed by atoms with Gasteiger partial charge in [0.1, 0.15) is 11.5 Å². The number of rotatable bonds is 13. The lowest BCUT2D eigenvalue weighted by Crippen LogP contribution is -2.44. The summed E-state index contributed by atoms with van der Waals surface area (Å²) in [4.78, 5) is 24.9. The van der Waals surface area contributed by atoms with Gasteiger partial charge in [-0.2, -0.15) is 0 Å². The number of allylic oxidation sites excluding steroid dienone is 2. The number of aryl methyl sites for hydroxylation is 1. The lowest BCUT2D eigenvalue weighted by atomic mass is 9.84. The molecule has 234 valence electrons. The smallest absolute Gasteiger partial charge is 0.305 e. The number of ether oxygens (including phenoxy) is 3. The lowest BCUT2D eigenvalue weighted by molar-refractivity contribution is -0.140. The maximum Gasteiger partial charge on any atom is 0.305 e. The Hall–Kier alpha value is -2.74. The molecular formula is C36H50O6Si. The number of fused-ring (bicyclic) bond motifs is 1. The molecule has 2 aliphatic rings. The van der Waals surface area contributed by atoms with Crippen molar-refractivity contribution in [2.75, 3.05) is 14.2 Å². The fraction of sp³-hybridized carbons (Fsp3) is 0.556. The molecule has 4 rings (SSSR count). The number of esters is 1. The van der Waals surface area contributed by atoms with Gasteiger partial charge in [0.05, 0.1) is 33.0 Å². The van der Waals surface area contributed by atoms with Crippen molar-refractivity contribution >= 4 is 20.1 Å². The van der Waals surface area contributed by atoms with Crippen molar-refractivity contribution in [3.05, 3.63) is 76.9 Å². The van der Waals surface area contributed by atoms with Crippen molar-refractivity contribution in [1.29, 1.82) is 0 Å². The van der Waals surface area contributed by atoms with E-state index >= 15 is 0 Å². The first kappa shape index (κ1) is 33.2. The van der Waals surface area contributed by atoms with Gasteiger partial charge in [-0.3, -0.25) is 9.59 Å². The third-order valence-electron chi connectivity index (χ3n) is 9.62. The Morgan fingerprint density at radius 2 is 1.79 bits per heavy atom. The topological polar surface area (TPSA) is 71.1 Å². The molecule has 1 fully saturated rings. The number of unbranched alkanes of at least 4 members (excludes halogenated alkanes) is 1. The second-order valence-corrected chi connectivity index (χ2v) is 18.3. The standard InChI is InChI=1S/C36H50O6Si/c1-36(2,3)43(6,7)42-33-23-31(37)30(12-10-8-9-11-13-34(38)40-5)35(33)27-16-20-29-26(22-27)17-21-32(29)41-24-25-14-18-28(39-4)19-15-25/h8,10,14-16,18-20,22,30,32-33,35H,9,11-13,17,21,23-24H2,1-7H3/b10-8-/t30-,32?,33+,35+/m0/s1. The maximum atomic E-state index is 13.5. The highest BCUT2D eigenvalue weighted by Gasteiger charge is 2.48. The molecule has 0 aromatic heterocycles. The van der Waals surface area contributed by atoms with Crippen LogP contribution < -0.4 is 4.74 Å². The van der Waals surface area contributed by atoms with Crippen LogP contribution in [-0.4, -0.2) is 40.4 Å². The summed E-state index contributed by atoms with van der Waals surface area (Å²) in [6.45, 7) is 11.9. The zero-order valence-electron chi connectivity index (χ0n) is 27.1. The van der Waals surface area contributed by atoms with E-state index in [2.05, 4.69) is 64.2 Å². The fourth-order valence-corrected chi connectivity index (χ4v) is 7.40. The summed E-state index contributed by atoms with van der Waals surface area (Å²) in [5.41, 5.74) is 4.90. The van der Waals surface area contributed by atoms with Crippen LogP contribution >= 0.6 is 0 Å². The molecule has 2 aromatic rings. The van der Waals surface area contributed by atoms with Gasteiger partial charge in [0, 0.05) is 24.7 Å². The quantitative estimate of drug-likeness (QED) is 0.0990. The lowest BCUT2D eigenvalue weighted by Gasteiger charge is -2.40. The number of hydrogen-bond acceptors (Lipinski definition) is 6. The Morgan fingerprint density at radius 1 is 1.05 bits per heavy atom. The molecule has 1 unspecified atom stereocenters. The van der Waals surface area contributed by atoms with E-state index in [4.69, 9.17) is 18.6 Å². The molecule has 0 amide bonds. The summed E-state index contributed by atoms with van der Waals surface area (Å²) in [6.07, 6.45) is 9.19. The van der Waals surface area contributed by atoms with Gasteiger partial charge in [-0.1, -0.05) is 63.3 Å². The third-order valence-corrected chi connectivity index (χ3v) is 14.1. The van der Waals surface area contributed by atoms with Crippen LogP contribution in [0.2, 0.25) is 18.1 Å². The van der Waals surface area contributed by atoms with Crippen molar-refractivity contribution in [3.8, 4) is 5.75 Å².